The Labute approximate surface area is 121 Å². The van der Waals surface area contributed by atoms with Gasteiger partial charge in [-0.2, -0.15) is 0 Å². The van der Waals surface area contributed by atoms with E-state index in [2.05, 4.69) is 6.92 Å². The molecule has 2 heteroatoms. The van der Waals surface area contributed by atoms with E-state index in [0.29, 0.717) is 0 Å². The molecule has 19 heavy (non-hydrogen) atoms. The maximum absolute atomic E-state index is 5.67. The summed E-state index contributed by atoms with van der Waals surface area (Å²) in [6.07, 6.45) is 15.9. The highest BCUT2D eigenvalue weighted by molar-refractivity contribution is 4.46. The van der Waals surface area contributed by atoms with Gasteiger partial charge in [0.05, 0.1) is 0 Å². The monoisotopic (exact) mass is 272 g/mol. The maximum Gasteiger partial charge on any atom is 0.0466 e. The van der Waals surface area contributed by atoms with E-state index in [1.807, 2.05) is 0 Å². The summed E-state index contributed by atoms with van der Waals surface area (Å²) < 4.78 is 10.7. The normalized spacial score (nSPS) is 11.1. The van der Waals surface area contributed by atoms with Crippen LogP contribution in [-0.4, -0.2) is 26.9 Å². The fraction of sp³-hybridized carbons (Fsp3) is 1.00. The molecule has 0 fully saturated rings. The van der Waals surface area contributed by atoms with Crippen molar-refractivity contribution in [1.29, 1.82) is 0 Å². The van der Waals surface area contributed by atoms with Gasteiger partial charge in [0.15, 0.2) is 0 Å². The molecule has 0 aliphatic carbocycles. The lowest BCUT2D eigenvalue weighted by atomic mass is 10.1. The minimum absolute atomic E-state index is 0.918. The molecular weight excluding hydrogens is 236 g/mol. The second-order valence-corrected chi connectivity index (χ2v) is 5.49. The molecule has 0 saturated carbocycles. The third-order valence-electron chi connectivity index (χ3n) is 3.53. The van der Waals surface area contributed by atoms with E-state index in [0.717, 1.165) is 19.8 Å². The number of ether oxygens (including phenoxy) is 2. The number of rotatable bonds is 16. The first kappa shape index (κ1) is 18.9. The smallest absolute Gasteiger partial charge is 0.0466 e. The molecule has 116 valence electrons. The summed E-state index contributed by atoms with van der Waals surface area (Å²) in [5.41, 5.74) is 0. The molecule has 0 heterocycles. The molecule has 0 aromatic heterocycles. The average molecular weight is 272 g/mol. The fourth-order valence-electron chi connectivity index (χ4n) is 2.24. The molecule has 0 aromatic carbocycles. The van der Waals surface area contributed by atoms with Crippen LogP contribution in [0.25, 0.3) is 0 Å². The molecule has 0 atom stereocenters. The Morgan fingerprint density at radius 1 is 0.526 bits per heavy atom. The third kappa shape index (κ3) is 17.9. The lowest BCUT2D eigenvalue weighted by molar-refractivity contribution is 0.125. The lowest BCUT2D eigenvalue weighted by Crippen LogP contribution is -1.97. The quantitative estimate of drug-likeness (QED) is 0.353. The van der Waals surface area contributed by atoms with E-state index in [1.54, 1.807) is 7.11 Å². The molecule has 0 saturated heterocycles. The molecule has 0 radical (unpaired) electrons. The molecule has 0 bridgehead atoms. The van der Waals surface area contributed by atoms with Gasteiger partial charge in [0.1, 0.15) is 0 Å². The third-order valence-corrected chi connectivity index (χ3v) is 3.53. The maximum atomic E-state index is 5.67. The Morgan fingerprint density at radius 3 is 1.42 bits per heavy atom. The van der Waals surface area contributed by atoms with Crippen molar-refractivity contribution < 1.29 is 9.47 Å². The highest BCUT2D eigenvalue weighted by Gasteiger charge is 1.93. The highest BCUT2D eigenvalue weighted by atomic mass is 16.5. The van der Waals surface area contributed by atoms with Gasteiger partial charge >= 0.3 is 0 Å². The van der Waals surface area contributed by atoms with Crippen LogP contribution in [0.3, 0.4) is 0 Å². The molecule has 0 amide bonds. The van der Waals surface area contributed by atoms with E-state index in [4.69, 9.17) is 9.47 Å². The van der Waals surface area contributed by atoms with Crippen molar-refractivity contribution >= 4 is 0 Å². The first-order valence-corrected chi connectivity index (χ1v) is 8.48. The summed E-state index contributed by atoms with van der Waals surface area (Å²) in [7, 11) is 1.78. The van der Waals surface area contributed by atoms with E-state index >= 15 is 0 Å². The zero-order chi connectivity index (χ0) is 14.0. The number of hydrogen-bond donors (Lipinski definition) is 0. The zero-order valence-electron chi connectivity index (χ0n) is 13.4. The van der Waals surface area contributed by atoms with Crippen LogP contribution in [0.5, 0.6) is 0 Å². The van der Waals surface area contributed by atoms with Gasteiger partial charge in [0.2, 0.25) is 0 Å². The summed E-state index contributed by atoms with van der Waals surface area (Å²) >= 11 is 0. The van der Waals surface area contributed by atoms with E-state index in [9.17, 15) is 0 Å². The van der Waals surface area contributed by atoms with Crippen LogP contribution < -0.4 is 0 Å². The van der Waals surface area contributed by atoms with Gasteiger partial charge < -0.3 is 9.47 Å². The van der Waals surface area contributed by atoms with Crippen molar-refractivity contribution in [2.24, 2.45) is 0 Å². The van der Waals surface area contributed by atoms with Gasteiger partial charge in [-0.1, -0.05) is 64.7 Å². The predicted octanol–water partition coefficient (Wildman–Crippen LogP) is 5.35. The summed E-state index contributed by atoms with van der Waals surface area (Å²) in [4.78, 5) is 0. The van der Waals surface area contributed by atoms with Gasteiger partial charge in [-0.3, -0.25) is 0 Å². The van der Waals surface area contributed by atoms with Gasteiger partial charge in [-0.05, 0) is 19.3 Å². The van der Waals surface area contributed by atoms with Gasteiger partial charge in [-0.25, -0.2) is 0 Å². The standard InChI is InChI=1S/C17H36O2/c1-3-4-5-6-10-13-16-19-17-14-11-8-7-9-12-15-18-2/h3-17H2,1-2H3. The van der Waals surface area contributed by atoms with Crippen LogP contribution in [0.1, 0.15) is 84.0 Å². The van der Waals surface area contributed by atoms with Crippen molar-refractivity contribution in [3.05, 3.63) is 0 Å². The number of unbranched alkanes of at least 4 members (excludes halogenated alkanes) is 10. The minimum Gasteiger partial charge on any atom is -0.385 e. The zero-order valence-corrected chi connectivity index (χ0v) is 13.4. The summed E-state index contributed by atoms with van der Waals surface area (Å²) in [5, 5.41) is 0. The van der Waals surface area contributed by atoms with Crippen molar-refractivity contribution in [2.75, 3.05) is 26.9 Å². The van der Waals surface area contributed by atoms with Crippen molar-refractivity contribution in [1.82, 2.24) is 0 Å². The molecular formula is C17H36O2. The van der Waals surface area contributed by atoms with Gasteiger partial charge in [0.25, 0.3) is 0 Å². The Hall–Kier alpha value is -0.0800. The topological polar surface area (TPSA) is 18.5 Å². The summed E-state index contributed by atoms with van der Waals surface area (Å²) in [6.45, 7) is 5.12. The Bertz CT molecular complexity index is 132. The largest absolute Gasteiger partial charge is 0.385 e. The van der Waals surface area contributed by atoms with Gasteiger partial charge in [-0.15, -0.1) is 0 Å². The second-order valence-electron chi connectivity index (χ2n) is 5.49. The predicted molar refractivity (Wildman–Crippen MR) is 83.8 cm³/mol. The van der Waals surface area contributed by atoms with Crippen LogP contribution in [0.4, 0.5) is 0 Å². The molecule has 0 aliphatic heterocycles. The fourth-order valence-corrected chi connectivity index (χ4v) is 2.24. The molecule has 0 unspecified atom stereocenters. The van der Waals surface area contributed by atoms with Crippen molar-refractivity contribution in [3.8, 4) is 0 Å². The average Bonchev–Trinajstić information content (AvgIpc) is 2.43. The molecule has 0 aliphatic rings. The Balaban J connectivity index is 2.88. The van der Waals surface area contributed by atoms with Crippen LogP contribution >= 0.6 is 0 Å². The number of methoxy groups -OCH3 is 1. The summed E-state index contributed by atoms with van der Waals surface area (Å²) in [5.74, 6) is 0. The highest BCUT2D eigenvalue weighted by Crippen LogP contribution is 2.07. The van der Waals surface area contributed by atoms with Crippen LogP contribution in [0, 0.1) is 0 Å². The Kier molecular flexibility index (Phi) is 17.8. The molecule has 0 rings (SSSR count). The molecule has 0 N–H and O–H groups in total. The molecule has 0 aromatic rings. The van der Waals surface area contributed by atoms with Gasteiger partial charge in [0, 0.05) is 26.9 Å². The first-order chi connectivity index (χ1) is 9.41. The van der Waals surface area contributed by atoms with Crippen LogP contribution in [0.2, 0.25) is 0 Å². The van der Waals surface area contributed by atoms with Crippen molar-refractivity contribution in [2.45, 2.75) is 84.0 Å². The molecule has 2 nitrogen and oxygen atoms in total. The minimum atomic E-state index is 0.918. The van der Waals surface area contributed by atoms with E-state index in [-0.39, 0.29) is 0 Å². The SMILES string of the molecule is CCCCCCCCOCCCCCCCCOC. The van der Waals surface area contributed by atoms with Crippen molar-refractivity contribution in [3.63, 3.8) is 0 Å². The van der Waals surface area contributed by atoms with Crippen LogP contribution in [0.15, 0.2) is 0 Å². The van der Waals surface area contributed by atoms with Crippen LogP contribution in [-0.2, 0) is 9.47 Å². The number of hydrogen-bond acceptors (Lipinski definition) is 2. The van der Waals surface area contributed by atoms with E-state index < -0.39 is 0 Å². The Morgan fingerprint density at radius 2 is 0.947 bits per heavy atom. The lowest BCUT2D eigenvalue weighted by Gasteiger charge is -2.04. The second kappa shape index (κ2) is 17.9. The first-order valence-electron chi connectivity index (χ1n) is 8.48. The van der Waals surface area contributed by atoms with E-state index in [1.165, 1.54) is 77.0 Å². The molecule has 0 spiro atoms. The summed E-state index contributed by atoms with van der Waals surface area (Å²) in [6, 6.07) is 0.